The van der Waals surface area contributed by atoms with E-state index >= 15 is 0 Å². The van der Waals surface area contributed by atoms with Gasteiger partial charge >= 0.3 is 12.4 Å². The molecule has 2 aliphatic heterocycles. The molecule has 0 radical (unpaired) electrons. The highest BCUT2D eigenvalue weighted by molar-refractivity contribution is 7.35. The van der Waals surface area contributed by atoms with E-state index in [1.54, 1.807) is 37.3 Å². The van der Waals surface area contributed by atoms with Crippen LogP contribution in [0.15, 0.2) is 48.7 Å². The van der Waals surface area contributed by atoms with E-state index < -0.39 is 44.7 Å². The Bertz CT molecular complexity index is 1840. The molecule has 10 nitrogen and oxygen atoms in total. The fourth-order valence-corrected chi connectivity index (χ4v) is 6.87. The summed E-state index contributed by atoms with van der Waals surface area (Å²) in [6.45, 7) is 5.37. The lowest BCUT2D eigenvalue weighted by Gasteiger charge is -2.42. The van der Waals surface area contributed by atoms with Crippen molar-refractivity contribution in [2.75, 3.05) is 68.5 Å². The van der Waals surface area contributed by atoms with Crippen molar-refractivity contribution in [3.8, 4) is 5.88 Å². The summed E-state index contributed by atoms with van der Waals surface area (Å²) in [6, 6.07) is 12.0. The van der Waals surface area contributed by atoms with Crippen LogP contribution in [0.3, 0.4) is 0 Å². The summed E-state index contributed by atoms with van der Waals surface area (Å²) >= 11 is 0. The van der Waals surface area contributed by atoms with Gasteiger partial charge in [0.1, 0.15) is 22.9 Å². The number of aryl methyl sites for hydroxylation is 1. The molecule has 0 aliphatic carbocycles. The van der Waals surface area contributed by atoms with Gasteiger partial charge in [0.25, 0.3) is 0 Å². The molecule has 2 N–H and O–H groups in total. The third-order valence-electron chi connectivity index (χ3n) is 8.93. The number of hydrogen-bond donors (Lipinski definition) is 2. The Morgan fingerprint density at radius 1 is 0.920 bits per heavy atom. The van der Waals surface area contributed by atoms with E-state index in [9.17, 15) is 30.9 Å². The molecule has 2 saturated heterocycles. The SMILES string of the molecule is Cc1cc(Nc2ncc(C(F)(F)F)c(Nc3ccc4ccccc4c3P=O)n2)c(OCC(F)(F)F)nc1N1CCC(N2CCN(C)CC2)CC1. The molecule has 2 aromatic heterocycles. The average molecular weight is 721 g/mol. The molecule has 50 heavy (non-hydrogen) atoms. The summed E-state index contributed by atoms with van der Waals surface area (Å²) < 4.78 is 99.5. The predicted octanol–water partition coefficient (Wildman–Crippen LogP) is 6.91. The molecule has 266 valence electrons. The summed E-state index contributed by atoms with van der Waals surface area (Å²) in [5.41, 5.74) is -0.533. The van der Waals surface area contributed by atoms with Crippen molar-refractivity contribution in [3.05, 3.63) is 59.8 Å². The number of piperazine rings is 1. The first kappa shape index (κ1) is 35.6. The van der Waals surface area contributed by atoms with Crippen molar-refractivity contribution in [2.24, 2.45) is 0 Å². The summed E-state index contributed by atoms with van der Waals surface area (Å²) in [5.74, 6) is -0.955. The van der Waals surface area contributed by atoms with Gasteiger partial charge in [0.15, 0.2) is 15.1 Å². The molecule has 4 heterocycles. The van der Waals surface area contributed by atoms with Crippen molar-refractivity contribution >= 4 is 53.5 Å². The number of rotatable bonds is 9. The number of ether oxygens (including phenoxy) is 1. The minimum Gasteiger partial charge on any atom is -0.466 e. The molecule has 0 amide bonds. The van der Waals surface area contributed by atoms with Crippen LogP contribution in [0.4, 0.5) is 55.3 Å². The van der Waals surface area contributed by atoms with Crippen molar-refractivity contribution in [2.45, 2.75) is 38.2 Å². The van der Waals surface area contributed by atoms with Crippen LogP contribution in [-0.2, 0) is 10.7 Å². The predicted molar refractivity (Wildman–Crippen MR) is 180 cm³/mol. The van der Waals surface area contributed by atoms with E-state index in [1.165, 1.54) is 12.1 Å². The number of anilines is 5. The summed E-state index contributed by atoms with van der Waals surface area (Å²) in [5, 5.41) is 6.87. The normalized spacial score (nSPS) is 17.0. The molecule has 17 heteroatoms. The van der Waals surface area contributed by atoms with Crippen molar-refractivity contribution in [1.82, 2.24) is 24.8 Å². The second kappa shape index (κ2) is 14.5. The molecular formula is C33H35F6N8O2P. The Kier molecular flexibility index (Phi) is 10.3. The first-order valence-corrected chi connectivity index (χ1v) is 16.8. The lowest BCUT2D eigenvalue weighted by Crippen LogP contribution is -2.52. The fourth-order valence-electron chi connectivity index (χ4n) is 6.33. The van der Waals surface area contributed by atoms with Crippen LogP contribution in [0.5, 0.6) is 5.88 Å². The highest BCUT2D eigenvalue weighted by atomic mass is 31.1. The summed E-state index contributed by atoms with van der Waals surface area (Å²) in [7, 11) is 1.66. The van der Waals surface area contributed by atoms with Crippen LogP contribution in [-0.4, -0.2) is 89.9 Å². The van der Waals surface area contributed by atoms with E-state index in [4.69, 9.17) is 4.74 Å². The van der Waals surface area contributed by atoms with Gasteiger partial charge in [-0.25, -0.2) is 4.98 Å². The molecule has 0 spiro atoms. The number of fused-ring (bicyclic) bond motifs is 1. The number of alkyl halides is 6. The average Bonchev–Trinajstić information content (AvgIpc) is 3.07. The largest absolute Gasteiger partial charge is 0.466 e. The molecular weight excluding hydrogens is 685 g/mol. The number of hydrogen-bond acceptors (Lipinski definition) is 10. The minimum atomic E-state index is -4.87. The van der Waals surface area contributed by atoms with E-state index in [1.807, 2.05) is 4.90 Å². The molecule has 0 bridgehead atoms. The number of piperidine rings is 1. The zero-order valence-corrected chi connectivity index (χ0v) is 28.2. The van der Waals surface area contributed by atoms with Crippen LogP contribution in [0.2, 0.25) is 0 Å². The van der Waals surface area contributed by atoms with E-state index in [2.05, 4.69) is 42.4 Å². The number of halogens is 6. The Balaban J connectivity index is 1.29. The number of nitrogens with one attached hydrogen (secondary N) is 2. The zero-order chi connectivity index (χ0) is 35.6. The lowest BCUT2D eigenvalue weighted by atomic mass is 10.0. The fraction of sp³-hybridized carbons (Fsp3) is 0.424. The van der Waals surface area contributed by atoms with Gasteiger partial charge in [0.2, 0.25) is 11.8 Å². The number of pyridine rings is 1. The summed E-state index contributed by atoms with van der Waals surface area (Å²) in [4.78, 5) is 19.1. The highest BCUT2D eigenvalue weighted by Crippen LogP contribution is 2.38. The van der Waals surface area contributed by atoms with Gasteiger partial charge in [-0.2, -0.15) is 36.3 Å². The van der Waals surface area contributed by atoms with E-state index in [0.29, 0.717) is 42.1 Å². The van der Waals surface area contributed by atoms with Crippen LogP contribution < -0.4 is 25.6 Å². The van der Waals surface area contributed by atoms with Gasteiger partial charge in [-0.3, -0.25) is 9.46 Å². The maximum atomic E-state index is 14.1. The Hall–Kier alpha value is -4.27. The van der Waals surface area contributed by atoms with E-state index in [0.717, 1.165) is 44.4 Å². The monoisotopic (exact) mass is 720 g/mol. The number of likely N-dealkylation sites (N-methyl/N-ethyl adjacent to an activating group) is 1. The molecule has 0 saturated carbocycles. The quantitative estimate of drug-likeness (QED) is 0.140. The van der Waals surface area contributed by atoms with E-state index in [-0.39, 0.29) is 22.6 Å². The van der Waals surface area contributed by atoms with Crippen molar-refractivity contribution in [3.63, 3.8) is 0 Å². The standard InChI is InChI=1S/C33H35F6N8O2P/c1-20-17-26(30(49-19-32(34,35)36)44-29(20)47-11-9-22(10-12-47)46-15-13-45(2)14-16-46)42-31-40-18-24(33(37,38)39)28(43-31)41-25-8-7-21-5-3-4-6-23(21)27(25)50-48/h3-8,17-18,22H,9-16,19H2,1-2H3,(H2,40,41,42,43). The molecule has 2 aromatic carbocycles. The molecule has 0 unspecified atom stereocenters. The van der Waals surface area contributed by atoms with Crippen LogP contribution in [0.1, 0.15) is 24.0 Å². The van der Waals surface area contributed by atoms with Gasteiger partial charge < -0.3 is 25.2 Å². The third kappa shape index (κ3) is 8.19. The zero-order valence-electron chi connectivity index (χ0n) is 27.3. The Morgan fingerprint density at radius 3 is 2.32 bits per heavy atom. The molecule has 2 aliphatic rings. The topological polar surface area (TPSA) is 98.7 Å². The minimum absolute atomic E-state index is 0.0574. The van der Waals surface area contributed by atoms with Crippen LogP contribution >= 0.6 is 8.46 Å². The Morgan fingerprint density at radius 2 is 1.64 bits per heavy atom. The third-order valence-corrected chi connectivity index (χ3v) is 9.59. The first-order chi connectivity index (χ1) is 23.8. The molecule has 6 rings (SSSR count). The molecule has 0 atom stereocenters. The second-order valence-electron chi connectivity index (χ2n) is 12.4. The number of nitrogens with zero attached hydrogens (tertiary/aromatic N) is 6. The Labute approximate surface area is 286 Å². The molecule has 4 aromatic rings. The lowest BCUT2D eigenvalue weighted by molar-refractivity contribution is -0.154. The van der Waals surface area contributed by atoms with Crippen LogP contribution in [0, 0.1) is 6.92 Å². The van der Waals surface area contributed by atoms with Gasteiger partial charge in [0.05, 0.1) is 11.0 Å². The van der Waals surface area contributed by atoms with Crippen molar-refractivity contribution < 1.29 is 35.6 Å². The van der Waals surface area contributed by atoms with Gasteiger partial charge in [-0.1, -0.05) is 30.3 Å². The van der Waals surface area contributed by atoms with Gasteiger partial charge in [0, 0.05) is 51.5 Å². The first-order valence-electron chi connectivity index (χ1n) is 16.0. The second-order valence-corrected chi connectivity index (χ2v) is 13.1. The smallest absolute Gasteiger partial charge is 0.422 e. The van der Waals surface area contributed by atoms with Gasteiger partial charge in [-0.05, 0) is 55.3 Å². The van der Waals surface area contributed by atoms with Crippen molar-refractivity contribution in [1.29, 1.82) is 0 Å². The molecule has 2 fully saturated rings. The van der Waals surface area contributed by atoms with Crippen LogP contribution in [0.25, 0.3) is 10.8 Å². The summed E-state index contributed by atoms with van der Waals surface area (Å²) in [6.07, 6.45) is -7.26. The maximum Gasteiger partial charge on any atom is 0.422 e. The van der Waals surface area contributed by atoms with Gasteiger partial charge in [-0.15, -0.1) is 0 Å². The number of benzene rings is 2. The highest BCUT2D eigenvalue weighted by Gasteiger charge is 2.36. The maximum absolute atomic E-state index is 14.1. The number of aromatic nitrogens is 3.